The average molecular weight is 492 g/mol. The summed E-state index contributed by atoms with van der Waals surface area (Å²) in [6, 6.07) is 15.9. The molecular formula is C20H18BrN3O5S. The number of hydrogen-bond donors (Lipinski definition) is 3. The van der Waals surface area contributed by atoms with Gasteiger partial charge in [-0.3, -0.25) is 14.3 Å². The van der Waals surface area contributed by atoms with E-state index in [1.54, 1.807) is 55.5 Å². The van der Waals surface area contributed by atoms with E-state index in [2.05, 4.69) is 31.3 Å². The second-order valence-electron chi connectivity index (χ2n) is 6.18. The van der Waals surface area contributed by atoms with E-state index >= 15 is 0 Å². The molecule has 0 spiro atoms. The van der Waals surface area contributed by atoms with Crippen LogP contribution in [0.15, 0.2) is 69.8 Å². The molecule has 0 atom stereocenters. The summed E-state index contributed by atoms with van der Waals surface area (Å²) in [7, 11) is -3.37. The maximum Gasteiger partial charge on any atom is 0.291 e. The number of hydrogen-bond acceptors (Lipinski definition) is 5. The van der Waals surface area contributed by atoms with Crippen molar-refractivity contribution in [3.63, 3.8) is 0 Å². The number of furan rings is 1. The lowest BCUT2D eigenvalue weighted by atomic mass is 10.1. The summed E-state index contributed by atoms with van der Waals surface area (Å²) in [5.74, 6) is -0.720. The summed E-state index contributed by atoms with van der Waals surface area (Å²) in [4.78, 5) is 24.7. The summed E-state index contributed by atoms with van der Waals surface area (Å²) < 4.78 is 31.3. The monoisotopic (exact) mass is 491 g/mol. The van der Waals surface area contributed by atoms with E-state index in [9.17, 15) is 18.0 Å². The third-order valence-corrected chi connectivity index (χ3v) is 5.71. The Kier molecular flexibility index (Phi) is 6.58. The van der Waals surface area contributed by atoms with Crippen LogP contribution in [0.2, 0.25) is 0 Å². The van der Waals surface area contributed by atoms with Gasteiger partial charge in [0.25, 0.3) is 11.8 Å². The first-order valence-electron chi connectivity index (χ1n) is 8.84. The number of rotatable bonds is 7. The molecule has 8 nitrogen and oxygen atoms in total. The minimum Gasteiger partial charge on any atom is -0.444 e. The van der Waals surface area contributed by atoms with Gasteiger partial charge >= 0.3 is 0 Å². The van der Waals surface area contributed by atoms with E-state index in [1.165, 1.54) is 12.1 Å². The molecule has 0 aliphatic rings. The smallest absolute Gasteiger partial charge is 0.291 e. The Bertz CT molecular complexity index is 1170. The highest BCUT2D eigenvalue weighted by Crippen LogP contribution is 2.19. The van der Waals surface area contributed by atoms with Crippen LogP contribution in [0.5, 0.6) is 0 Å². The van der Waals surface area contributed by atoms with Gasteiger partial charge in [-0.15, -0.1) is 0 Å². The van der Waals surface area contributed by atoms with Gasteiger partial charge in [0.2, 0.25) is 10.0 Å². The molecule has 0 saturated heterocycles. The van der Waals surface area contributed by atoms with Crippen molar-refractivity contribution in [2.45, 2.75) is 6.92 Å². The number of benzene rings is 2. The van der Waals surface area contributed by atoms with Gasteiger partial charge in [0.15, 0.2) is 10.4 Å². The van der Waals surface area contributed by atoms with Crippen LogP contribution in [0.3, 0.4) is 0 Å². The van der Waals surface area contributed by atoms with E-state index in [1.807, 2.05) is 0 Å². The number of anilines is 3. The molecule has 10 heteroatoms. The molecule has 2 aromatic carbocycles. The van der Waals surface area contributed by atoms with Crippen LogP contribution in [0.4, 0.5) is 17.1 Å². The van der Waals surface area contributed by atoms with Gasteiger partial charge in [0.05, 0.1) is 5.75 Å². The van der Waals surface area contributed by atoms with Gasteiger partial charge in [-0.1, -0.05) is 6.07 Å². The summed E-state index contributed by atoms with van der Waals surface area (Å²) in [5, 5.41) is 5.39. The summed E-state index contributed by atoms with van der Waals surface area (Å²) >= 11 is 3.14. The van der Waals surface area contributed by atoms with Crippen LogP contribution in [0.1, 0.15) is 27.8 Å². The quantitative estimate of drug-likeness (QED) is 0.455. The standard InChI is InChI=1S/C20H18BrN3O5S/c1-2-30(27,28)24-15-8-6-14(7-9-15)22-19(25)13-4-3-5-16(12-13)23-20(26)17-10-11-18(21)29-17/h3-12,24H,2H2,1H3,(H,22,25)(H,23,26). The second-order valence-corrected chi connectivity index (χ2v) is 8.97. The zero-order valence-corrected chi connectivity index (χ0v) is 18.2. The number of amides is 2. The number of halogens is 1. The lowest BCUT2D eigenvalue weighted by Crippen LogP contribution is -2.15. The lowest BCUT2D eigenvalue weighted by molar-refractivity contribution is 0.0992. The lowest BCUT2D eigenvalue weighted by Gasteiger charge is -2.09. The molecule has 0 unspecified atom stereocenters. The third kappa shape index (κ3) is 5.71. The SMILES string of the molecule is CCS(=O)(=O)Nc1ccc(NC(=O)c2cccc(NC(=O)c3ccc(Br)o3)c2)cc1. The normalized spacial score (nSPS) is 11.0. The predicted molar refractivity (Wildman–Crippen MR) is 118 cm³/mol. The van der Waals surface area contributed by atoms with Crippen LogP contribution in [-0.2, 0) is 10.0 Å². The maximum absolute atomic E-state index is 12.5. The molecule has 1 heterocycles. The highest BCUT2D eigenvalue weighted by atomic mass is 79.9. The zero-order valence-electron chi connectivity index (χ0n) is 15.8. The van der Waals surface area contributed by atoms with Gasteiger partial charge in [0, 0.05) is 22.6 Å². The maximum atomic E-state index is 12.5. The van der Waals surface area contributed by atoms with Crippen molar-refractivity contribution in [2.24, 2.45) is 0 Å². The van der Waals surface area contributed by atoms with Crippen LogP contribution in [-0.4, -0.2) is 26.0 Å². The molecule has 30 heavy (non-hydrogen) atoms. The van der Waals surface area contributed by atoms with E-state index < -0.39 is 15.9 Å². The van der Waals surface area contributed by atoms with Crippen molar-refractivity contribution < 1.29 is 22.4 Å². The van der Waals surface area contributed by atoms with Gasteiger partial charge in [-0.2, -0.15) is 0 Å². The largest absolute Gasteiger partial charge is 0.444 e. The minimum absolute atomic E-state index is 0.0322. The summed E-state index contributed by atoms with van der Waals surface area (Å²) in [5.41, 5.74) is 1.67. The molecule has 3 rings (SSSR count). The average Bonchev–Trinajstić information content (AvgIpc) is 3.16. The van der Waals surface area contributed by atoms with Crippen molar-refractivity contribution >= 4 is 54.8 Å². The Hall–Kier alpha value is -3.11. The Labute approximate surface area is 181 Å². The first-order chi connectivity index (χ1) is 14.3. The van der Waals surface area contributed by atoms with Gasteiger partial charge in [-0.05, 0) is 77.5 Å². The number of carbonyl (C=O) groups excluding carboxylic acids is 2. The minimum atomic E-state index is -3.37. The first-order valence-corrected chi connectivity index (χ1v) is 11.3. The van der Waals surface area contributed by atoms with Crippen molar-refractivity contribution in [1.29, 1.82) is 0 Å². The molecule has 3 aromatic rings. The van der Waals surface area contributed by atoms with Crippen molar-refractivity contribution in [3.05, 3.63) is 76.7 Å². The Morgan fingerprint density at radius 1 is 0.900 bits per heavy atom. The molecular weight excluding hydrogens is 474 g/mol. The fraction of sp³-hybridized carbons (Fsp3) is 0.100. The van der Waals surface area contributed by atoms with E-state index in [4.69, 9.17) is 4.42 Å². The fourth-order valence-electron chi connectivity index (χ4n) is 2.44. The Balaban J connectivity index is 1.66. The van der Waals surface area contributed by atoms with Gasteiger partial charge in [0.1, 0.15) is 0 Å². The van der Waals surface area contributed by atoms with Crippen molar-refractivity contribution in [2.75, 3.05) is 21.1 Å². The van der Waals surface area contributed by atoms with Crippen molar-refractivity contribution in [3.8, 4) is 0 Å². The molecule has 0 fully saturated rings. The number of nitrogens with one attached hydrogen (secondary N) is 3. The highest BCUT2D eigenvalue weighted by molar-refractivity contribution is 9.10. The number of carbonyl (C=O) groups is 2. The summed E-state index contributed by atoms with van der Waals surface area (Å²) in [6.07, 6.45) is 0. The van der Waals surface area contributed by atoms with Crippen LogP contribution < -0.4 is 15.4 Å². The highest BCUT2D eigenvalue weighted by Gasteiger charge is 2.13. The first kappa shape index (κ1) is 21.6. The zero-order chi connectivity index (χ0) is 21.7. The van der Waals surface area contributed by atoms with Crippen LogP contribution in [0, 0.1) is 0 Å². The van der Waals surface area contributed by atoms with E-state index in [-0.39, 0.29) is 17.4 Å². The van der Waals surface area contributed by atoms with E-state index in [0.29, 0.717) is 27.3 Å². The summed E-state index contributed by atoms with van der Waals surface area (Å²) in [6.45, 7) is 1.54. The molecule has 0 saturated carbocycles. The molecule has 3 N–H and O–H groups in total. The van der Waals surface area contributed by atoms with Gasteiger partial charge in [-0.25, -0.2) is 8.42 Å². The Morgan fingerprint density at radius 3 is 2.20 bits per heavy atom. The van der Waals surface area contributed by atoms with Gasteiger partial charge < -0.3 is 15.1 Å². The fourth-order valence-corrected chi connectivity index (χ4v) is 3.39. The molecule has 1 aromatic heterocycles. The molecule has 2 amide bonds. The molecule has 0 bridgehead atoms. The van der Waals surface area contributed by atoms with Crippen molar-refractivity contribution in [1.82, 2.24) is 0 Å². The molecule has 156 valence electrons. The predicted octanol–water partition coefficient (Wildman–Crippen LogP) is 4.31. The number of sulfonamides is 1. The third-order valence-electron chi connectivity index (χ3n) is 3.98. The van der Waals surface area contributed by atoms with Crippen LogP contribution in [0.25, 0.3) is 0 Å². The van der Waals surface area contributed by atoms with E-state index in [0.717, 1.165) is 0 Å². The molecule has 0 radical (unpaired) electrons. The molecule has 0 aliphatic heterocycles. The van der Waals surface area contributed by atoms with Crippen LogP contribution >= 0.6 is 15.9 Å². The Morgan fingerprint density at radius 2 is 1.57 bits per heavy atom. The second kappa shape index (κ2) is 9.14. The molecule has 0 aliphatic carbocycles. The topological polar surface area (TPSA) is 118 Å².